The van der Waals surface area contributed by atoms with Crippen molar-refractivity contribution in [3.63, 3.8) is 0 Å². The first-order valence-corrected chi connectivity index (χ1v) is 7.78. The number of hydrogen-bond donors (Lipinski definition) is 1. The lowest BCUT2D eigenvalue weighted by atomic mass is 10.2. The highest BCUT2D eigenvalue weighted by Gasteiger charge is 2.14. The number of aryl methyl sites for hydroxylation is 2. The van der Waals surface area contributed by atoms with Crippen LogP contribution in [-0.4, -0.2) is 36.2 Å². The zero-order chi connectivity index (χ0) is 17.5. The Labute approximate surface area is 145 Å². The van der Waals surface area contributed by atoms with Crippen LogP contribution in [-0.2, 0) is 16.6 Å². The Morgan fingerprint density at radius 3 is 2.75 bits per heavy atom. The zero-order valence-corrected chi connectivity index (χ0v) is 14.3. The molecule has 1 amide bonds. The molecule has 0 saturated heterocycles. The molecule has 1 aromatic heterocycles. The second kappa shape index (κ2) is 8.40. The summed E-state index contributed by atoms with van der Waals surface area (Å²) in [6.07, 6.45) is 1.58. The van der Waals surface area contributed by atoms with Crippen molar-refractivity contribution in [2.24, 2.45) is 7.05 Å². The van der Waals surface area contributed by atoms with E-state index in [1.54, 1.807) is 13.2 Å². The van der Waals surface area contributed by atoms with Gasteiger partial charge in [-0.1, -0.05) is 23.7 Å². The van der Waals surface area contributed by atoms with Crippen molar-refractivity contribution in [1.29, 1.82) is 0 Å². The molecule has 1 aromatic carbocycles. The van der Waals surface area contributed by atoms with Gasteiger partial charge in [-0.2, -0.15) is 0 Å². The topological polar surface area (TPSA) is 69.6 Å². The van der Waals surface area contributed by atoms with Crippen molar-refractivity contribution >= 4 is 23.5 Å². The normalized spacial score (nSPS) is 10.3. The van der Waals surface area contributed by atoms with Gasteiger partial charge < -0.3 is 19.4 Å². The van der Waals surface area contributed by atoms with Crippen LogP contribution in [0.2, 0.25) is 5.02 Å². The predicted molar refractivity (Wildman–Crippen MR) is 90.4 cm³/mol. The predicted octanol–water partition coefficient (Wildman–Crippen LogP) is 2.34. The van der Waals surface area contributed by atoms with Crippen LogP contribution in [0.15, 0.2) is 36.5 Å². The Bertz CT molecular complexity index is 727. The van der Waals surface area contributed by atoms with Crippen LogP contribution in [0.5, 0.6) is 5.75 Å². The lowest BCUT2D eigenvalue weighted by Crippen LogP contribution is -2.32. The fourth-order valence-electron chi connectivity index (χ4n) is 2.05. The number of esters is 1. The minimum Gasteiger partial charge on any atom is -0.492 e. The Morgan fingerprint density at radius 1 is 1.29 bits per heavy atom. The van der Waals surface area contributed by atoms with Gasteiger partial charge in [-0.3, -0.25) is 4.79 Å². The van der Waals surface area contributed by atoms with Crippen LogP contribution in [0, 0.1) is 6.92 Å². The fraction of sp³-hybridized carbons (Fsp3) is 0.294. The molecular formula is C17H19ClN2O4. The summed E-state index contributed by atoms with van der Waals surface area (Å²) in [7, 11) is 1.67. The molecule has 24 heavy (non-hydrogen) atoms. The Morgan fingerprint density at radius 2 is 2.08 bits per heavy atom. The van der Waals surface area contributed by atoms with E-state index in [2.05, 4.69) is 5.32 Å². The SMILES string of the molecule is Cc1cccc(OCCNC(=O)COC(=O)c2cc(Cl)cn2C)c1. The largest absolute Gasteiger partial charge is 0.492 e. The number of hydrogen-bond acceptors (Lipinski definition) is 4. The van der Waals surface area contributed by atoms with Crippen LogP contribution >= 0.6 is 11.6 Å². The fourth-order valence-corrected chi connectivity index (χ4v) is 2.30. The minimum atomic E-state index is -0.601. The summed E-state index contributed by atoms with van der Waals surface area (Å²) in [6.45, 7) is 2.27. The van der Waals surface area contributed by atoms with Crippen LogP contribution in [0.4, 0.5) is 0 Å². The van der Waals surface area contributed by atoms with E-state index in [-0.39, 0.29) is 12.3 Å². The van der Waals surface area contributed by atoms with Crippen molar-refractivity contribution in [3.05, 3.63) is 52.8 Å². The van der Waals surface area contributed by atoms with E-state index in [1.807, 2.05) is 31.2 Å². The third kappa shape index (κ3) is 5.31. The Kier molecular flexibility index (Phi) is 6.26. The summed E-state index contributed by atoms with van der Waals surface area (Å²) in [5.41, 5.74) is 1.39. The van der Waals surface area contributed by atoms with E-state index >= 15 is 0 Å². The maximum atomic E-state index is 11.8. The Balaban J connectivity index is 1.66. The van der Waals surface area contributed by atoms with Crippen LogP contribution in [0.3, 0.4) is 0 Å². The van der Waals surface area contributed by atoms with E-state index in [0.717, 1.165) is 11.3 Å². The maximum absolute atomic E-state index is 11.8. The first-order valence-electron chi connectivity index (χ1n) is 7.41. The molecule has 6 nitrogen and oxygen atoms in total. The number of nitrogens with one attached hydrogen (secondary N) is 1. The standard InChI is InChI=1S/C17H19ClN2O4/c1-12-4-3-5-14(8-12)23-7-6-19-16(21)11-24-17(22)15-9-13(18)10-20(15)2/h3-5,8-10H,6-7,11H2,1-2H3,(H,19,21). The summed E-state index contributed by atoms with van der Waals surface area (Å²) >= 11 is 5.80. The van der Waals surface area contributed by atoms with Crippen LogP contribution in [0.25, 0.3) is 0 Å². The van der Waals surface area contributed by atoms with Crippen LogP contribution in [0.1, 0.15) is 16.1 Å². The van der Waals surface area contributed by atoms with Crippen molar-refractivity contribution in [2.75, 3.05) is 19.8 Å². The Hall–Kier alpha value is -2.47. The smallest absolute Gasteiger partial charge is 0.355 e. The molecule has 0 unspecified atom stereocenters. The maximum Gasteiger partial charge on any atom is 0.355 e. The zero-order valence-electron chi connectivity index (χ0n) is 13.5. The molecule has 1 heterocycles. The molecule has 0 aliphatic heterocycles. The summed E-state index contributed by atoms with van der Waals surface area (Å²) in [6, 6.07) is 9.12. The first-order chi connectivity index (χ1) is 11.5. The molecule has 0 aliphatic rings. The van der Waals surface area contributed by atoms with Gasteiger partial charge in [0.1, 0.15) is 18.1 Å². The summed E-state index contributed by atoms with van der Waals surface area (Å²) in [4.78, 5) is 23.5. The number of aromatic nitrogens is 1. The summed E-state index contributed by atoms with van der Waals surface area (Å²) < 4.78 is 12.0. The van der Waals surface area contributed by atoms with Gasteiger partial charge in [0.25, 0.3) is 5.91 Å². The number of nitrogens with zero attached hydrogens (tertiary/aromatic N) is 1. The molecule has 2 rings (SSSR count). The van der Waals surface area contributed by atoms with Crippen molar-refractivity contribution in [2.45, 2.75) is 6.92 Å². The van der Waals surface area contributed by atoms with E-state index in [0.29, 0.717) is 18.2 Å². The molecule has 7 heteroatoms. The van der Waals surface area contributed by atoms with E-state index in [1.165, 1.54) is 10.6 Å². The third-order valence-electron chi connectivity index (χ3n) is 3.20. The van der Waals surface area contributed by atoms with Crippen molar-refractivity contribution in [1.82, 2.24) is 9.88 Å². The van der Waals surface area contributed by atoms with Crippen molar-refractivity contribution < 1.29 is 19.1 Å². The second-order valence-electron chi connectivity index (χ2n) is 5.25. The number of rotatable bonds is 7. The molecule has 0 spiro atoms. The quantitative estimate of drug-likeness (QED) is 0.614. The number of carbonyl (C=O) groups is 2. The summed E-state index contributed by atoms with van der Waals surface area (Å²) in [5.74, 6) is -0.247. The second-order valence-corrected chi connectivity index (χ2v) is 5.68. The van der Waals surface area contributed by atoms with Gasteiger partial charge in [0, 0.05) is 13.2 Å². The number of halogens is 1. The average Bonchev–Trinajstić information content (AvgIpc) is 2.88. The van der Waals surface area contributed by atoms with Gasteiger partial charge in [-0.25, -0.2) is 4.79 Å². The summed E-state index contributed by atoms with van der Waals surface area (Å²) in [5, 5.41) is 3.05. The highest BCUT2D eigenvalue weighted by atomic mass is 35.5. The molecule has 0 saturated carbocycles. The molecule has 0 fully saturated rings. The average molecular weight is 351 g/mol. The molecular weight excluding hydrogens is 332 g/mol. The minimum absolute atomic E-state index is 0.288. The molecule has 2 aromatic rings. The molecule has 0 bridgehead atoms. The molecule has 128 valence electrons. The lowest BCUT2D eigenvalue weighted by molar-refractivity contribution is -0.124. The first kappa shape index (κ1) is 17.9. The molecule has 0 aliphatic carbocycles. The monoisotopic (exact) mass is 350 g/mol. The van der Waals surface area contributed by atoms with Gasteiger partial charge >= 0.3 is 5.97 Å². The van der Waals surface area contributed by atoms with Gasteiger partial charge in [0.05, 0.1) is 11.6 Å². The lowest BCUT2D eigenvalue weighted by Gasteiger charge is -2.09. The van der Waals surface area contributed by atoms with E-state index in [4.69, 9.17) is 21.1 Å². The molecule has 0 atom stereocenters. The van der Waals surface area contributed by atoms with Gasteiger partial charge in [-0.15, -0.1) is 0 Å². The van der Waals surface area contributed by atoms with Crippen LogP contribution < -0.4 is 10.1 Å². The highest BCUT2D eigenvalue weighted by molar-refractivity contribution is 6.30. The molecule has 1 N–H and O–H groups in total. The number of carbonyl (C=O) groups excluding carboxylic acids is 2. The third-order valence-corrected chi connectivity index (χ3v) is 3.40. The highest BCUT2D eigenvalue weighted by Crippen LogP contribution is 2.13. The number of benzene rings is 1. The number of ether oxygens (including phenoxy) is 2. The van der Waals surface area contributed by atoms with Gasteiger partial charge in [0.15, 0.2) is 6.61 Å². The van der Waals surface area contributed by atoms with Gasteiger partial charge in [0.2, 0.25) is 0 Å². The molecule has 0 radical (unpaired) electrons. The van der Waals surface area contributed by atoms with E-state index < -0.39 is 11.9 Å². The van der Waals surface area contributed by atoms with E-state index in [9.17, 15) is 9.59 Å². The van der Waals surface area contributed by atoms with Gasteiger partial charge in [-0.05, 0) is 30.7 Å². The van der Waals surface area contributed by atoms with Crippen molar-refractivity contribution in [3.8, 4) is 5.75 Å². The number of amides is 1.